The molecule has 0 spiro atoms. The molecule has 0 amide bonds. The zero-order chi connectivity index (χ0) is 46.8. The second-order valence-corrected chi connectivity index (χ2v) is 17.4. The molecular formula is C49H54FN6O9P. The Morgan fingerprint density at radius 3 is 2.02 bits per heavy atom. The molecule has 1 saturated heterocycles. The van der Waals surface area contributed by atoms with Crippen molar-refractivity contribution in [3.8, 4) is 11.5 Å². The van der Waals surface area contributed by atoms with Crippen molar-refractivity contribution in [2.75, 3.05) is 40.6 Å². The second kappa shape index (κ2) is 22.0. The number of imidazole rings is 1. The van der Waals surface area contributed by atoms with E-state index in [-0.39, 0.29) is 56.2 Å². The molecule has 17 heteroatoms. The molecule has 4 aromatic carbocycles. The van der Waals surface area contributed by atoms with E-state index in [1.807, 2.05) is 111 Å². The van der Waals surface area contributed by atoms with Crippen LogP contribution < -0.4 is 15.0 Å². The van der Waals surface area contributed by atoms with Gasteiger partial charge in [-0.1, -0.05) is 72.8 Å². The summed E-state index contributed by atoms with van der Waals surface area (Å²) in [5.41, 5.74) is 0.986. The molecule has 1 aliphatic heterocycles. The van der Waals surface area contributed by atoms with Crippen molar-refractivity contribution in [2.24, 2.45) is 0 Å². The summed E-state index contributed by atoms with van der Waals surface area (Å²) in [5.74, 6) is 0.770. The van der Waals surface area contributed by atoms with Crippen molar-refractivity contribution in [2.45, 2.75) is 76.5 Å². The molecular weight excluding hydrogens is 867 g/mol. The van der Waals surface area contributed by atoms with E-state index in [0.717, 1.165) is 16.7 Å². The predicted octanol–water partition coefficient (Wildman–Crippen LogP) is 8.38. The van der Waals surface area contributed by atoms with Crippen molar-refractivity contribution in [3.63, 3.8) is 0 Å². The predicted molar refractivity (Wildman–Crippen MR) is 247 cm³/mol. The maximum Gasteiger partial charge on any atom is 0.338 e. The van der Waals surface area contributed by atoms with Crippen LogP contribution in [0.4, 0.5) is 4.39 Å². The molecule has 0 N–H and O–H groups in total. The van der Waals surface area contributed by atoms with Gasteiger partial charge >= 0.3 is 5.97 Å². The Labute approximate surface area is 384 Å². The maximum atomic E-state index is 17.7. The van der Waals surface area contributed by atoms with Crippen LogP contribution >= 0.6 is 8.53 Å². The van der Waals surface area contributed by atoms with Crippen LogP contribution in [0.25, 0.3) is 16.0 Å². The van der Waals surface area contributed by atoms with Gasteiger partial charge in [0.05, 0.1) is 39.3 Å². The Morgan fingerprint density at radius 1 is 0.848 bits per heavy atom. The first-order chi connectivity index (χ1) is 32.0. The topological polar surface area (TPSA) is 142 Å². The Morgan fingerprint density at radius 2 is 1.44 bits per heavy atom. The fourth-order valence-corrected chi connectivity index (χ4v) is 9.75. The lowest BCUT2D eigenvalue weighted by atomic mass is 9.80. The highest BCUT2D eigenvalue weighted by Crippen LogP contribution is 2.52. The fraction of sp³-hybridized carbons (Fsp3) is 0.367. The summed E-state index contributed by atoms with van der Waals surface area (Å²) in [6.07, 6.45) is -2.88. The van der Waals surface area contributed by atoms with E-state index in [2.05, 4.69) is 14.8 Å². The molecule has 6 aromatic rings. The van der Waals surface area contributed by atoms with E-state index in [1.165, 1.54) is 21.8 Å². The van der Waals surface area contributed by atoms with Crippen molar-refractivity contribution < 1.29 is 41.9 Å². The molecule has 0 bridgehead atoms. The average molecular weight is 921 g/mol. The molecule has 1 aliphatic rings. The third-order valence-corrected chi connectivity index (χ3v) is 13.3. The number of aromatic nitrogens is 4. The summed E-state index contributed by atoms with van der Waals surface area (Å²) in [7, 11) is 1.23. The van der Waals surface area contributed by atoms with Gasteiger partial charge in [0.1, 0.15) is 48.8 Å². The summed E-state index contributed by atoms with van der Waals surface area (Å²) < 4.78 is 65.8. The van der Waals surface area contributed by atoms with E-state index >= 15 is 4.39 Å². The fourth-order valence-electron chi connectivity index (χ4n) is 8.03. The van der Waals surface area contributed by atoms with Crippen molar-refractivity contribution in [3.05, 3.63) is 166 Å². The number of benzene rings is 4. The second-order valence-electron chi connectivity index (χ2n) is 16.0. The summed E-state index contributed by atoms with van der Waals surface area (Å²) >= 11 is 0. The van der Waals surface area contributed by atoms with Gasteiger partial charge in [0.15, 0.2) is 23.6 Å². The lowest BCUT2D eigenvalue weighted by molar-refractivity contribution is -0.0887. The third-order valence-electron chi connectivity index (χ3n) is 11.2. The average Bonchev–Trinajstić information content (AvgIpc) is 3.90. The summed E-state index contributed by atoms with van der Waals surface area (Å²) in [4.78, 5) is 38.9. The van der Waals surface area contributed by atoms with Gasteiger partial charge in [-0.15, -0.1) is 0 Å². The zero-order valence-corrected chi connectivity index (χ0v) is 38.6. The lowest BCUT2D eigenvalue weighted by Gasteiger charge is -2.37. The van der Waals surface area contributed by atoms with E-state index in [9.17, 15) is 9.59 Å². The van der Waals surface area contributed by atoms with E-state index in [1.54, 1.807) is 44.6 Å². The Hall–Kier alpha value is -6.05. The number of carbonyl (C=O) groups is 1. The van der Waals surface area contributed by atoms with E-state index in [0.29, 0.717) is 17.1 Å². The Balaban J connectivity index is 1.26. The Kier molecular flexibility index (Phi) is 15.9. The van der Waals surface area contributed by atoms with Crippen LogP contribution in [0.2, 0.25) is 0 Å². The quantitative estimate of drug-likeness (QED) is 0.0225. The van der Waals surface area contributed by atoms with Gasteiger partial charge in [-0.3, -0.25) is 13.9 Å². The van der Waals surface area contributed by atoms with Gasteiger partial charge in [-0.05, 0) is 80.8 Å². The molecule has 7 rings (SSSR count). The van der Waals surface area contributed by atoms with Crippen LogP contribution in [0.15, 0.2) is 127 Å². The molecule has 66 heavy (non-hydrogen) atoms. The number of nitrogens with zero attached hydrogens (tertiary/aromatic N) is 6. The van der Waals surface area contributed by atoms with Gasteiger partial charge in [0.2, 0.25) is 6.54 Å². The molecule has 0 aliphatic carbocycles. The minimum atomic E-state index is -1.96. The molecule has 3 heterocycles. The summed E-state index contributed by atoms with van der Waals surface area (Å²) in [6.45, 7) is 15.1. The van der Waals surface area contributed by atoms with Gasteiger partial charge < -0.3 is 37.6 Å². The number of hydrogen-bond donors (Lipinski definition) is 0. The first kappa shape index (κ1) is 47.9. The van der Waals surface area contributed by atoms with Crippen molar-refractivity contribution >= 4 is 25.7 Å². The standard InChI is InChI=1S/C49H54FN6O9P/c1-33(2)56(34(3)4)66(63-28-26-51-5)65-44-42(50)41(64-47(44)55-32-52-43-45(55)53-31-54(46(43)57)27-29-61-48(58)35-14-10-8-11-15-35)30-62-49(36-16-12-9-13-17-36,37-18-22-39(59-6)23-19-37)38-20-24-40(60-7)25-21-38/h8-25,31-34,41-42,44,47H,26-30H2,1-4,6-7H3/t41-,42-,44-,47-,66?/m1/s1. The van der Waals surface area contributed by atoms with Crippen LogP contribution in [0.5, 0.6) is 11.5 Å². The SMILES string of the molecule is [C-]#[N+]CCOP(O[C@@H]1[C@H](F)[C@@H](COC(c2ccccc2)(c2ccc(OC)cc2)c2ccc(OC)cc2)O[C@H]1n1cnc2c(=O)n(CCOC(=O)c3ccccc3)cnc21)N(C(C)C)C(C)C. The highest BCUT2D eigenvalue weighted by atomic mass is 31.2. The molecule has 15 nitrogen and oxygen atoms in total. The lowest BCUT2D eigenvalue weighted by Crippen LogP contribution is -2.39. The van der Waals surface area contributed by atoms with Gasteiger partial charge in [0.25, 0.3) is 14.1 Å². The number of alkyl halides is 1. The molecule has 1 fully saturated rings. The maximum absolute atomic E-state index is 17.7. The van der Waals surface area contributed by atoms with Crippen molar-refractivity contribution in [1.29, 1.82) is 0 Å². The van der Waals surface area contributed by atoms with Crippen molar-refractivity contribution in [1.82, 2.24) is 23.8 Å². The first-order valence-corrected chi connectivity index (χ1v) is 22.8. The van der Waals surface area contributed by atoms with Crippen LogP contribution in [0, 0.1) is 6.57 Å². The minimum Gasteiger partial charge on any atom is -0.497 e. The number of ether oxygens (including phenoxy) is 5. The molecule has 346 valence electrons. The van der Waals surface area contributed by atoms with E-state index in [4.69, 9.17) is 39.3 Å². The highest BCUT2D eigenvalue weighted by molar-refractivity contribution is 7.44. The number of fused-ring (bicyclic) bond motifs is 1. The number of esters is 1. The molecule has 5 atom stereocenters. The Bertz CT molecular complexity index is 2550. The molecule has 1 unspecified atom stereocenters. The zero-order valence-electron chi connectivity index (χ0n) is 37.7. The highest BCUT2D eigenvalue weighted by Gasteiger charge is 2.51. The third kappa shape index (κ3) is 10.3. The van der Waals surface area contributed by atoms with Crippen LogP contribution in [0.3, 0.4) is 0 Å². The normalized spacial score (nSPS) is 17.9. The summed E-state index contributed by atoms with van der Waals surface area (Å²) in [6, 6.07) is 33.1. The first-order valence-electron chi connectivity index (χ1n) is 21.6. The molecule has 0 radical (unpaired) electrons. The van der Waals surface area contributed by atoms with Crippen LogP contribution in [0.1, 0.15) is 61.0 Å². The van der Waals surface area contributed by atoms with Crippen LogP contribution in [-0.4, -0.2) is 101 Å². The van der Waals surface area contributed by atoms with E-state index < -0.39 is 50.3 Å². The largest absolute Gasteiger partial charge is 0.497 e. The number of rotatable bonds is 21. The van der Waals surface area contributed by atoms with Gasteiger partial charge in [-0.2, -0.15) is 0 Å². The van der Waals surface area contributed by atoms with Crippen LogP contribution in [-0.2, 0) is 35.4 Å². The smallest absolute Gasteiger partial charge is 0.338 e. The van der Waals surface area contributed by atoms with Gasteiger partial charge in [-0.25, -0.2) is 30.4 Å². The summed E-state index contributed by atoms with van der Waals surface area (Å²) in [5, 5.41) is 0. The number of halogens is 1. The van der Waals surface area contributed by atoms with Gasteiger partial charge in [0, 0.05) is 12.1 Å². The number of carbonyl (C=O) groups excluding carboxylic acids is 1. The monoisotopic (exact) mass is 920 g/mol. The molecule has 0 saturated carbocycles. The molecule has 2 aromatic heterocycles. The number of hydrogen-bond acceptors (Lipinski definition) is 12. The number of methoxy groups -OCH3 is 2. The minimum absolute atomic E-state index is 0.00647.